The predicted molar refractivity (Wildman–Crippen MR) is 62.7 cm³/mol. The Morgan fingerprint density at radius 2 is 2.25 bits per heavy atom. The highest BCUT2D eigenvalue weighted by atomic mass is 32.2. The first kappa shape index (κ1) is 11.6. The number of aryl methyl sites for hydroxylation is 1. The molecule has 0 saturated heterocycles. The van der Waals surface area contributed by atoms with Crippen LogP contribution in [0.25, 0.3) is 0 Å². The molecular weight excluding hydrogens is 224 g/mol. The molecule has 1 aromatic heterocycles. The van der Waals surface area contributed by atoms with Crippen LogP contribution in [0.4, 0.5) is 0 Å². The number of hydrogen-bond acceptors (Lipinski definition) is 3. The van der Waals surface area contributed by atoms with Crippen molar-refractivity contribution < 1.29 is 14.3 Å². The van der Waals surface area contributed by atoms with Gasteiger partial charge in [-0.3, -0.25) is 4.79 Å². The summed E-state index contributed by atoms with van der Waals surface area (Å²) in [4.78, 5) is 12.2. The summed E-state index contributed by atoms with van der Waals surface area (Å²) in [6, 6.07) is 1.92. The van der Waals surface area contributed by atoms with Crippen molar-refractivity contribution in [1.82, 2.24) is 0 Å². The smallest absolute Gasteiger partial charge is 0.307 e. The zero-order valence-electron chi connectivity index (χ0n) is 9.31. The first-order valence-corrected chi connectivity index (χ1v) is 6.50. The third-order valence-electron chi connectivity index (χ3n) is 3.11. The Hall–Kier alpha value is -0.900. The minimum Gasteiger partial charge on any atom is -0.481 e. The SMILES string of the molecule is Cc1occc1SC1CCCCC1C(=O)O. The zero-order valence-corrected chi connectivity index (χ0v) is 10.1. The molecule has 0 amide bonds. The molecule has 0 bridgehead atoms. The van der Waals surface area contributed by atoms with Gasteiger partial charge in [0, 0.05) is 10.1 Å². The van der Waals surface area contributed by atoms with E-state index in [1.807, 2.05) is 13.0 Å². The highest BCUT2D eigenvalue weighted by Gasteiger charge is 2.31. The van der Waals surface area contributed by atoms with Crippen molar-refractivity contribution >= 4 is 17.7 Å². The fourth-order valence-corrected chi connectivity index (χ4v) is 3.55. The van der Waals surface area contributed by atoms with Gasteiger partial charge in [-0.2, -0.15) is 0 Å². The summed E-state index contributed by atoms with van der Waals surface area (Å²) in [5.74, 6) is 0.0334. The van der Waals surface area contributed by atoms with Crippen molar-refractivity contribution in [2.24, 2.45) is 5.92 Å². The molecule has 1 saturated carbocycles. The first-order valence-electron chi connectivity index (χ1n) is 5.62. The van der Waals surface area contributed by atoms with Crippen molar-refractivity contribution in [3.63, 3.8) is 0 Å². The fraction of sp³-hybridized carbons (Fsp3) is 0.583. The summed E-state index contributed by atoms with van der Waals surface area (Å²) in [6.45, 7) is 1.92. The van der Waals surface area contributed by atoms with Gasteiger partial charge in [-0.05, 0) is 25.8 Å². The maximum absolute atomic E-state index is 11.1. The molecule has 0 radical (unpaired) electrons. The lowest BCUT2D eigenvalue weighted by atomic mass is 9.89. The van der Waals surface area contributed by atoms with Crippen molar-refractivity contribution in [3.8, 4) is 0 Å². The average Bonchev–Trinajstić information content (AvgIpc) is 2.65. The van der Waals surface area contributed by atoms with E-state index in [0.717, 1.165) is 36.3 Å². The quantitative estimate of drug-likeness (QED) is 0.880. The highest BCUT2D eigenvalue weighted by molar-refractivity contribution is 8.00. The number of hydrogen-bond donors (Lipinski definition) is 1. The van der Waals surface area contributed by atoms with Gasteiger partial charge in [0.25, 0.3) is 0 Å². The zero-order chi connectivity index (χ0) is 11.5. The molecule has 2 rings (SSSR count). The van der Waals surface area contributed by atoms with Crippen LogP contribution in [0, 0.1) is 12.8 Å². The number of carboxylic acids is 1. The molecule has 1 aliphatic rings. The summed E-state index contributed by atoms with van der Waals surface area (Å²) in [5, 5.41) is 9.37. The molecule has 0 aliphatic heterocycles. The van der Waals surface area contributed by atoms with Crippen LogP contribution in [-0.2, 0) is 4.79 Å². The van der Waals surface area contributed by atoms with Gasteiger partial charge in [0.05, 0.1) is 12.2 Å². The van der Waals surface area contributed by atoms with Gasteiger partial charge in [0.15, 0.2) is 0 Å². The minimum atomic E-state index is -0.654. The Morgan fingerprint density at radius 1 is 1.50 bits per heavy atom. The number of thioether (sulfide) groups is 1. The van der Waals surface area contributed by atoms with Crippen LogP contribution in [0.2, 0.25) is 0 Å². The third-order valence-corrected chi connectivity index (χ3v) is 4.65. The summed E-state index contributed by atoms with van der Waals surface area (Å²) in [7, 11) is 0. The molecule has 0 spiro atoms. The lowest BCUT2D eigenvalue weighted by Gasteiger charge is -2.27. The predicted octanol–water partition coefficient (Wildman–Crippen LogP) is 3.32. The van der Waals surface area contributed by atoms with E-state index >= 15 is 0 Å². The van der Waals surface area contributed by atoms with E-state index < -0.39 is 5.97 Å². The van der Waals surface area contributed by atoms with Crippen LogP contribution in [0.1, 0.15) is 31.4 Å². The van der Waals surface area contributed by atoms with E-state index in [1.165, 1.54) is 0 Å². The lowest BCUT2D eigenvalue weighted by Crippen LogP contribution is -2.28. The topological polar surface area (TPSA) is 50.4 Å². The number of carboxylic acid groups (broad SMARTS) is 1. The molecule has 1 aliphatic carbocycles. The molecule has 1 aromatic rings. The van der Waals surface area contributed by atoms with E-state index in [4.69, 9.17) is 9.52 Å². The first-order chi connectivity index (χ1) is 7.68. The van der Waals surface area contributed by atoms with E-state index in [0.29, 0.717) is 0 Å². The molecular formula is C12H16O3S. The van der Waals surface area contributed by atoms with Gasteiger partial charge < -0.3 is 9.52 Å². The van der Waals surface area contributed by atoms with Crippen molar-refractivity contribution in [3.05, 3.63) is 18.1 Å². The Morgan fingerprint density at radius 3 is 2.88 bits per heavy atom. The average molecular weight is 240 g/mol. The molecule has 4 heteroatoms. The largest absolute Gasteiger partial charge is 0.481 e. The van der Waals surface area contributed by atoms with Gasteiger partial charge >= 0.3 is 5.97 Å². The van der Waals surface area contributed by atoms with Gasteiger partial charge in [-0.15, -0.1) is 11.8 Å². The Labute approximate surface area is 99.2 Å². The number of furan rings is 1. The summed E-state index contributed by atoms with van der Waals surface area (Å²) in [6.07, 6.45) is 5.64. The highest BCUT2D eigenvalue weighted by Crippen LogP contribution is 2.39. The van der Waals surface area contributed by atoms with Gasteiger partial charge in [-0.25, -0.2) is 0 Å². The van der Waals surface area contributed by atoms with Crippen LogP contribution in [-0.4, -0.2) is 16.3 Å². The lowest BCUT2D eigenvalue weighted by molar-refractivity contribution is -0.142. The van der Waals surface area contributed by atoms with E-state index in [1.54, 1.807) is 18.0 Å². The normalized spacial score (nSPS) is 25.6. The standard InChI is InChI=1S/C12H16O3S/c1-8-10(6-7-15-8)16-11-5-3-2-4-9(11)12(13)14/h6-7,9,11H,2-5H2,1H3,(H,13,14). The molecule has 3 nitrogen and oxygen atoms in total. The minimum absolute atomic E-state index is 0.197. The van der Waals surface area contributed by atoms with Crippen molar-refractivity contribution in [2.45, 2.75) is 42.8 Å². The van der Waals surface area contributed by atoms with Crippen LogP contribution in [0.15, 0.2) is 21.6 Å². The number of rotatable bonds is 3. The summed E-state index contributed by atoms with van der Waals surface area (Å²) in [5.41, 5.74) is 0. The van der Waals surface area contributed by atoms with Gasteiger partial charge in [-0.1, -0.05) is 12.8 Å². The monoisotopic (exact) mass is 240 g/mol. The Kier molecular flexibility index (Phi) is 3.59. The molecule has 2 atom stereocenters. The molecule has 1 N–H and O–H groups in total. The van der Waals surface area contributed by atoms with Crippen LogP contribution >= 0.6 is 11.8 Å². The van der Waals surface area contributed by atoms with Gasteiger partial charge in [0.1, 0.15) is 5.76 Å². The van der Waals surface area contributed by atoms with Crippen molar-refractivity contribution in [1.29, 1.82) is 0 Å². The van der Waals surface area contributed by atoms with Crippen LogP contribution in [0.5, 0.6) is 0 Å². The molecule has 0 aromatic carbocycles. The maximum atomic E-state index is 11.1. The molecule has 88 valence electrons. The summed E-state index contributed by atoms with van der Waals surface area (Å²) < 4.78 is 5.23. The number of aliphatic carboxylic acids is 1. The van der Waals surface area contributed by atoms with Crippen molar-refractivity contribution in [2.75, 3.05) is 0 Å². The maximum Gasteiger partial charge on any atom is 0.307 e. The molecule has 16 heavy (non-hydrogen) atoms. The van der Waals surface area contributed by atoms with Crippen LogP contribution < -0.4 is 0 Å². The number of carbonyl (C=O) groups is 1. The second-order valence-corrected chi connectivity index (χ2v) is 5.51. The van der Waals surface area contributed by atoms with Gasteiger partial charge in [0.2, 0.25) is 0 Å². The summed E-state index contributed by atoms with van der Waals surface area (Å²) >= 11 is 1.66. The molecule has 2 unspecified atom stereocenters. The Bertz CT molecular complexity index is 372. The van der Waals surface area contributed by atoms with Crippen LogP contribution in [0.3, 0.4) is 0 Å². The fourth-order valence-electron chi connectivity index (χ4n) is 2.18. The van der Waals surface area contributed by atoms with E-state index in [2.05, 4.69) is 0 Å². The molecule has 1 fully saturated rings. The third kappa shape index (κ3) is 2.43. The second kappa shape index (κ2) is 4.95. The van der Waals surface area contributed by atoms with E-state index in [9.17, 15) is 4.79 Å². The Balaban J connectivity index is 2.07. The van der Waals surface area contributed by atoms with E-state index in [-0.39, 0.29) is 11.2 Å². The second-order valence-electron chi connectivity index (χ2n) is 4.23. The molecule has 1 heterocycles.